The van der Waals surface area contributed by atoms with Gasteiger partial charge < -0.3 is 4.90 Å². The molecule has 5 nitrogen and oxygen atoms in total. The fourth-order valence-corrected chi connectivity index (χ4v) is 1.63. The summed E-state index contributed by atoms with van der Waals surface area (Å²) < 4.78 is 0. The quantitative estimate of drug-likeness (QED) is 0.795. The van der Waals surface area contributed by atoms with Gasteiger partial charge in [0.25, 0.3) is 0 Å². The monoisotopic (exact) mass is 235 g/mol. The van der Waals surface area contributed by atoms with Crippen molar-refractivity contribution < 1.29 is 0 Å². The predicted octanol–water partition coefficient (Wildman–Crippen LogP) is 1.99. The van der Waals surface area contributed by atoms with Crippen molar-refractivity contribution in [2.24, 2.45) is 0 Å². The van der Waals surface area contributed by atoms with Crippen LogP contribution in [0.1, 0.15) is 11.3 Å². The molecule has 0 fully saturated rings. The molecule has 0 atom stereocenters. The fraction of sp³-hybridized carbons (Fsp3) is 0.0769. The van der Waals surface area contributed by atoms with E-state index in [9.17, 15) is 0 Å². The molecule has 0 aliphatic heterocycles. The van der Waals surface area contributed by atoms with Crippen molar-refractivity contribution in [2.45, 2.75) is 0 Å². The molecule has 0 saturated carbocycles. The van der Waals surface area contributed by atoms with E-state index in [0.717, 1.165) is 0 Å². The molecule has 0 aliphatic carbocycles. The molecule has 86 valence electrons. The van der Waals surface area contributed by atoms with Crippen LogP contribution in [0, 0.1) is 22.7 Å². The summed E-state index contributed by atoms with van der Waals surface area (Å²) in [7, 11) is 1.75. The van der Waals surface area contributed by atoms with Crippen LogP contribution < -0.4 is 4.90 Å². The summed E-state index contributed by atoms with van der Waals surface area (Å²) in [4.78, 5) is 9.77. The number of aromatic nitrogens is 2. The molecule has 0 saturated heterocycles. The molecule has 0 unspecified atom stereocenters. The number of hydrogen-bond acceptors (Lipinski definition) is 5. The molecular weight excluding hydrogens is 226 g/mol. The molecule has 18 heavy (non-hydrogen) atoms. The van der Waals surface area contributed by atoms with Crippen LogP contribution in [0.4, 0.5) is 11.5 Å². The van der Waals surface area contributed by atoms with E-state index in [2.05, 4.69) is 16.0 Å². The van der Waals surface area contributed by atoms with Gasteiger partial charge in [-0.1, -0.05) is 12.1 Å². The second-order valence-corrected chi connectivity index (χ2v) is 3.53. The standard InChI is InChI=1S/C13H9N5/c1-18(12-5-3-2-4-10(12)8-14)13-11(9-15)16-6-7-17-13/h2-7H,1H3. The van der Waals surface area contributed by atoms with E-state index in [1.54, 1.807) is 30.1 Å². The molecule has 1 heterocycles. The molecule has 0 N–H and O–H groups in total. The molecule has 1 aromatic heterocycles. The van der Waals surface area contributed by atoms with Gasteiger partial charge >= 0.3 is 0 Å². The minimum Gasteiger partial charge on any atom is -0.326 e. The Balaban J connectivity index is 2.53. The van der Waals surface area contributed by atoms with E-state index in [0.29, 0.717) is 17.1 Å². The molecule has 2 aromatic rings. The van der Waals surface area contributed by atoms with Crippen LogP contribution in [0.2, 0.25) is 0 Å². The van der Waals surface area contributed by atoms with Crippen molar-refractivity contribution in [3.8, 4) is 12.1 Å². The van der Waals surface area contributed by atoms with Crippen molar-refractivity contribution in [1.29, 1.82) is 10.5 Å². The Hall–Kier alpha value is -2.92. The third-order valence-electron chi connectivity index (χ3n) is 2.49. The first kappa shape index (κ1) is 11.6. The number of nitriles is 2. The highest BCUT2D eigenvalue weighted by Gasteiger charge is 2.14. The Morgan fingerprint density at radius 1 is 1.06 bits per heavy atom. The minimum atomic E-state index is 0.229. The summed E-state index contributed by atoms with van der Waals surface area (Å²) in [5.41, 5.74) is 1.44. The number of anilines is 2. The molecule has 2 rings (SSSR count). The average Bonchev–Trinajstić information content (AvgIpc) is 2.46. The zero-order valence-electron chi connectivity index (χ0n) is 9.70. The Morgan fingerprint density at radius 3 is 2.50 bits per heavy atom. The number of rotatable bonds is 2. The molecule has 0 radical (unpaired) electrons. The van der Waals surface area contributed by atoms with Crippen molar-refractivity contribution in [1.82, 2.24) is 9.97 Å². The van der Waals surface area contributed by atoms with Crippen LogP contribution in [0.5, 0.6) is 0 Å². The van der Waals surface area contributed by atoms with Crippen LogP contribution in [-0.2, 0) is 0 Å². The summed E-state index contributed by atoms with van der Waals surface area (Å²) in [5.74, 6) is 0.433. The molecular formula is C13H9N5. The highest BCUT2D eigenvalue weighted by Crippen LogP contribution is 2.26. The zero-order valence-corrected chi connectivity index (χ0v) is 9.70. The third kappa shape index (κ3) is 1.98. The van der Waals surface area contributed by atoms with Gasteiger partial charge in [-0.2, -0.15) is 10.5 Å². The molecule has 0 bridgehead atoms. The average molecular weight is 235 g/mol. The Bertz CT molecular complexity index is 593. The Morgan fingerprint density at radius 2 is 1.78 bits per heavy atom. The maximum Gasteiger partial charge on any atom is 0.183 e. The van der Waals surface area contributed by atoms with Gasteiger partial charge in [-0.25, -0.2) is 9.97 Å². The second kappa shape index (κ2) is 4.94. The van der Waals surface area contributed by atoms with E-state index >= 15 is 0 Å². The summed E-state index contributed by atoms with van der Waals surface area (Å²) >= 11 is 0. The molecule has 1 aromatic carbocycles. The van der Waals surface area contributed by atoms with Gasteiger partial charge in [0.1, 0.15) is 12.1 Å². The smallest absolute Gasteiger partial charge is 0.183 e. The van der Waals surface area contributed by atoms with Gasteiger partial charge in [0.15, 0.2) is 11.5 Å². The van der Waals surface area contributed by atoms with Gasteiger partial charge in [-0.3, -0.25) is 0 Å². The van der Waals surface area contributed by atoms with Gasteiger partial charge in [0.2, 0.25) is 0 Å². The topological polar surface area (TPSA) is 76.6 Å². The molecule has 0 spiro atoms. The minimum absolute atomic E-state index is 0.229. The molecule has 0 amide bonds. The van der Waals surface area contributed by atoms with Gasteiger partial charge in [-0.15, -0.1) is 0 Å². The Kier molecular flexibility index (Phi) is 3.17. The largest absolute Gasteiger partial charge is 0.326 e. The van der Waals surface area contributed by atoms with Crippen molar-refractivity contribution in [2.75, 3.05) is 11.9 Å². The van der Waals surface area contributed by atoms with Crippen molar-refractivity contribution >= 4 is 11.5 Å². The van der Waals surface area contributed by atoms with Crippen LogP contribution in [0.25, 0.3) is 0 Å². The predicted molar refractivity (Wildman–Crippen MR) is 66.0 cm³/mol. The van der Waals surface area contributed by atoms with Gasteiger partial charge in [0, 0.05) is 19.4 Å². The maximum absolute atomic E-state index is 9.06. The number of benzene rings is 1. The molecule has 5 heteroatoms. The summed E-state index contributed by atoms with van der Waals surface area (Å²) in [6, 6.07) is 11.2. The van der Waals surface area contributed by atoms with E-state index in [4.69, 9.17) is 10.5 Å². The first-order chi connectivity index (χ1) is 8.77. The summed E-state index contributed by atoms with van der Waals surface area (Å²) in [6.45, 7) is 0. The summed E-state index contributed by atoms with van der Waals surface area (Å²) in [5, 5.41) is 18.1. The zero-order chi connectivity index (χ0) is 13.0. The first-order valence-corrected chi connectivity index (χ1v) is 5.22. The SMILES string of the molecule is CN(c1ccccc1C#N)c1nccnc1C#N. The van der Waals surface area contributed by atoms with Crippen molar-refractivity contribution in [3.63, 3.8) is 0 Å². The van der Waals surface area contributed by atoms with E-state index in [1.165, 1.54) is 12.4 Å². The van der Waals surface area contributed by atoms with Gasteiger partial charge in [-0.05, 0) is 12.1 Å². The third-order valence-corrected chi connectivity index (χ3v) is 2.49. The van der Waals surface area contributed by atoms with E-state index in [-0.39, 0.29) is 5.69 Å². The van der Waals surface area contributed by atoms with E-state index in [1.807, 2.05) is 12.1 Å². The summed E-state index contributed by atoms with van der Waals surface area (Å²) in [6.07, 6.45) is 2.98. The maximum atomic E-state index is 9.06. The fourth-order valence-electron chi connectivity index (χ4n) is 1.63. The van der Waals surface area contributed by atoms with Crippen LogP contribution in [0.3, 0.4) is 0 Å². The second-order valence-electron chi connectivity index (χ2n) is 3.53. The van der Waals surface area contributed by atoms with Crippen LogP contribution in [-0.4, -0.2) is 17.0 Å². The Labute approximate surface area is 105 Å². The molecule has 0 aliphatic rings. The lowest BCUT2D eigenvalue weighted by Gasteiger charge is -2.19. The van der Waals surface area contributed by atoms with Crippen LogP contribution in [0.15, 0.2) is 36.7 Å². The highest BCUT2D eigenvalue weighted by molar-refractivity contribution is 5.68. The van der Waals surface area contributed by atoms with E-state index < -0.39 is 0 Å². The first-order valence-electron chi connectivity index (χ1n) is 5.22. The highest BCUT2D eigenvalue weighted by atomic mass is 15.2. The lowest BCUT2D eigenvalue weighted by atomic mass is 10.2. The number of para-hydroxylation sites is 1. The normalized spacial score (nSPS) is 9.28. The van der Waals surface area contributed by atoms with Crippen LogP contribution >= 0.6 is 0 Å². The lowest BCUT2D eigenvalue weighted by Crippen LogP contribution is -2.14. The van der Waals surface area contributed by atoms with Gasteiger partial charge in [0.05, 0.1) is 11.3 Å². The number of hydrogen-bond donors (Lipinski definition) is 0. The number of nitrogens with zero attached hydrogens (tertiary/aromatic N) is 5. The lowest BCUT2D eigenvalue weighted by molar-refractivity contribution is 1.06. The van der Waals surface area contributed by atoms with Crippen molar-refractivity contribution in [3.05, 3.63) is 47.9 Å².